The summed E-state index contributed by atoms with van der Waals surface area (Å²) < 4.78 is 5.84. The molecule has 2 aliphatic heterocycles. The summed E-state index contributed by atoms with van der Waals surface area (Å²) in [4.78, 5) is 14.7. The number of rotatable bonds is 7. The Kier molecular flexibility index (Phi) is 11.7. The highest BCUT2D eigenvalue weighted by molar-refractivity contribution is 14.0. The Hall–Kier alpha value is -0.810. The molecule has 3 rings (SSSR count). The SMILES string of the molecule is CCNC(=NCC1CN(C)CCN1C)N1CCN(CCOc2ccc(Cl)cc2)CC1.I. The molecule has 7 nitrogen and oxygen atoms in total. The van der Waals surface area contributed by atoms with Gasteiger partial charge in [0.15, 0.2) is 5.96 Å². The van der Waals surface area contributed by atoms with Crippen molar-refractivity contribution >= 4 is 41.5 Å². The van der Waals surface area contributed by atoms with Crippen molar-refractivity contribution in [1.29, 1.82) is 0 Å². The average Bonchev–Trinajstić information content (AvgIpc) is 2.75. The Labute approximate surface area is 209 Å². The molecule has 0 amide bonds. The van der Waals surface area contributed by atoms with E-state index in [1.807, 2.05) is 24.3 Å². The maximum absolute atomic E-state index is 5.92. The van der Waals surface area contributed by atoms with E-state index < -0.39 is 0 Å². The lowest BCUT2D eigenvalue weighted by atomic mass is 10.2. The van der Waals surface area contributed by atoms with Crippen LogP contribution in [-0.4, -0.2) is 118 Å². The van der Waals surface area contributed by atoms with Crippen LogP contribution in [0.3, 0.4) is 0 Å². The Morgan fingerprint density at radius 1 is 1.10 bits per heavy atom. The summed E-state index contributed by atoms with van der Waals surface area (Å²) in [5.41, 5.74) is 0. The van der Waals surface area contributed by atoms with Crippen molar-refractivity contribution in [1.82, 2.24) is 24.9 Å². The van der Waals surface area contributed by atoms with Gasteiger partial charge in [-0.2, -0.15) is 0 Å². The van der Waals surface area contributed by atoms with Crippen LogP contribution in [0, 0.1) is 0 Å². The van der Waals surface area contributed by atoms with E-state index in [0.29, 0.717) is 12.6 Å². The number of halogens is 2. The van der Waals surface area contributed by atoms with Crippen LogP contribution < -0.4 is 10.1 Å². The van der Waals surface area contributed by atoms with Crippen LogP contribution >= 0.6 is 35.6 Å². The van der Waals surface area contributed by atoms with E-state index in [0.717, 1.165) is 82.2 Å². The van der Waals surface area contributed by atoms with Crippen LogP contribution in [-0.2, 0) is 0 Å². The first-order valence-electron chi connectivity index (χ1n) is 11.1. The molecule has 2 fully saturated rings. The second kappa shape index (κ2) is 13.7. The minimum absolute atomic E-state index is 0. The van der Waals surface area contributed by atoms with E-state index in [9.17, 15) is 0 Å². The molecule has 1 atom stereocenters. The third-order valence-electron chi connectivity index (χ3n) is 5.93. The lowest BCUT2D eigenvalue weighted by Crippen LogP contribution is -2.54. The zero-order valence-corrected chi connectivity index (χ0v) is 22.2. The van der Waals surface area contributed by atoms with Gasteiger partial charge in [0.2, 0.25) is 0 Å². The molecule has 2 aliphatic rings. The van der Waals surface area contributed by atoms with Crippen molar-refractivity contribution in [3.05, 3.63) is 29.3 Å². The first-order valence-corrected chi connectivity index (χ1v) is 11.5. The van der Waals surface area contributed by atoms with Crippen molar-refractivity contribution in [3.63, 3.8) is 0 Å². The molecule has 1 N–H and O–H groups in total. The van der Waals surface area contributed by atoms with E-state index in [4.69, 9.17) is 21.3 Å². The number of ether oxygens (including phenoxy) is 1. The van der Waals surface area contributed by atoms with Gasteiger partial charge in [-0.05, 0) is 45.3 Å². The van der Waals surface area contributed by atoms with Crippen LogP contribution in [0.2, 0.25) is 5.02 Å². The molecule has 2 saturated heterocycles. The number of aliphatic imine (C=N–C) groups is 1. The summed E-state index contributed by atoms with van der Waals surface area (Å²) in [5.74, 6) is 1.93. The lowest BCUT2D eigenvalue weighted by Gasteiger charge is -2.38. The minimum atomic E-state index is 0. The fourth-order valence-electron chi connectivity index (χ4n) is 3.92. The van der Waals surface area contributed by atoms with Crippen molar-refractivity contribution in [2.75, 3.05) is 86.1 Å². The summed E-state index contributed by atoms with van der Waals surface area (Å²) in [5, 5.41) is 4.23. The quantitative estimate of drug-likeness (QED) is 0.311. The molecule has 9 heteroatoms. The molecule has 1 aromatic rings. The van der Waals surface area contributed by atoms with Gasteiger partial charge in [-0.1, -0.05) is 11.6 Å². The van der Waals surface area contributed by atoms with E-state index in [2.05, 4.69) is 45.9 Å². The monoisotopic (exact) mass is 564 g/mol. The molecule has 0 bridgehead atoms. The number of likely N-dealkylation sites (N-methyl/N-ethyl adjacent to an activating group) is 2. The van der Waals surface area contributed by atoms with Crippen LogP contribution in [0.15, 0.2) is 29.3 Å². The zero-order chi connectivity index (χ0) is 21.3. The van der Waals surface area contributed by atoms with Gasteiger partial charge in [0.05, 0.1) is 6.54 Å². The van der Waals surface area contributed by atoms with E-state index in [-0.39, 0.29) is 24.0 Å². The van der Waals surface area contributed by atoms with E-state index >= 15 is 0 Å². The number of hydrogen-bond acceptors (Lipinski definition) is 5. The Morgan fingerprint density at radius 3 is 2.48 bits per heavy atom. The largest absolute Gasteiger partial charge is 0.492 e. The van der Waals surface area contributed by atoms with Gasteiger partial charge < -0.3 is 19.9 Å². The molecule has 0 radical (unpaired) electrons. The predicted octanol–water partition coefficient (Wildman–Crippen LogP) is 2.17. The maximum Gasteiger partial charge on any atom is 0.194 e. The highest BCUT2D eigenvalue weighted by Crippen LogP contribution is 2.15. The molecule has 1 unspecified atom stereocenters. The maximum atomic E-state index is 5.92. The lowest BCUT2D eigenvalue weighted by molar-refractivity contribution is 0.119. The Balaban J connectivity index is 0.00000341. The van der Waals surface area contributed by atoms with Gasteiger partial charge in [0.1, 0.15) is 12.4 Å². The zero-order valence-electron chi connectivity index (χ0n) is 19.1. The van der Waals surface area contributed by atoms with Crippen molar-refractivity contribution in [3.8, 4) is 5.75 Å². The molecular weight excluding hydrogens is 527 g/mol. The standard InChI is InChI=1S/C22H37ClN6O.HI/c1-4-24-22(25-17-20-18-26(2)9-10-27(20)3)29-13-11-28(12-14-29)15-16-30-21-7-5-19(23)6-8-21;/h5-8,20H,4,9-18H2,1-3H3,(H,24,25);1H. The Morgan fingerprint density at radius 2 is 1.81 bits per heavy atom. The average molecular weight is 565 g/mol. The summed E-state index contributed by atoms with van der Waals surface area (Å²) in [7, 11) is 4.41. The van der Waals surface area contributed by atoms with Gasteiger partial charge in [0.25, 0.3) is 0 Å². The highest BCUT2D eigenvalue weighted by atomic mass is 127. The highest BCUT2D eigenvalue weighted by Gasteiger charge is 2.23. The molecule has 176 valence electrons. The fraction of sp³-hybridized carbons (Fsp3) is 0.682. The predicted molar refractivity (Wildman–Crippen MR) is 140 cm³/mol. The molecule has 2 heterocycles. The van der Waals surface area contributed by atoms with Crippen LogP contribution in [0.1, 0.15) is 6.92 Å². The Bertz CT molecular complexity index is 668. The molecule has 0 spiro atoms. The van der Waals surface area contributed by atoms with Gasteiger partial charge in [-0.25, -0.2) is 0 Å². The molecule has 0 aromatic heterocycles. The third kappa shape index (κ3) is 8.57. The number of piperazine rings is 2. The van der Waals surface area contributed by atoms with Gasteiger partial charge >= 0.3 is 0 Å². The van der Waals surface area contributed by atoms with Crippen molar-refractivity contribution < 1.29 is 4.74 Å². The summed E-state index contributed by atoms with van der Waals surface area (Å²) in [6.07, 6.45) is 0. The molecule has 1 aromatic carbocycles. The van der Waals surface area contributed by atoms with Crippen LogP contribution in [0.25, 0.3) is 0 Å². The number of hydrogen-bond donors (Lipinski definition) is 1. The second-order valence-electron chi connectivity index (χ2n) is 8.22. The minimum Gasteiger partial charge on any atom is -0.492 e. The summed E-state index contributed by atoms with van der Waals surface area (Å²) in [6, 6.07) is 8.05. The third-order valence-corrected chi connectivity index (χ3v) is 6.18. The van der Waals surface area contributed by atoms with Crippen molar-refractivity contribution in [2.24, 2.45) is 4.99 Å². The number of nitrogens with zero attached hydrogens (tertiary/aromatic N) is 5. The molecule has 31 heavy (non-hydrogen) atoms. The first-order chi connectivity index (χ1) is 14.5. The van der Waals surface area contributed by atoms with Crippen molar-refractivity contribution in [2.45, 2.75) is 13.0 Å². The number of benzene rings is 1. The molecular formula is C22H38ClIN6O. The van der Waals surface area contributed by atoms with E-state index in [1.54, 1.807) is 0 Å². The van der Waals surface area contributed by atoms with Gasteiger partial charge in [-0.15, -0.1) is 24.0 Å². The first kappa shape index (κ1) is 26.4. The molecule has 0 saturated carbocycles. The van der Waals surface area contributed by atoms with Crippen LogP contribution in [0.4, 0.5) is 0 Å². The summed E-state index contributed by atoms with van der Waals surface area (Å²) in [6.45, 7) is 12.9. The van der Waals surface area contributed by atoms with E-state index in [1.165, 1.54) is 0 Å². The van der Waals surface area contributed by atoms with Gasteiger partial charge in [-0.3, -0.25) is 14.8 Å². The summed E-state index contributed by atoms with van der Waals surface area (Å²) >= 11 is 5.92. The smallest absolute Gasteiger partial charge is 0.194 e. The number of nitrogens with one attached hydrogen (secondary N) is 1. The number of guanidine groups is 1. The fourth-order valence-corrected chi connectivity index (χ4v) is 4.05. The van der Waals surface area contributed by atoms with Gasteiger partial charge in [0, 0.05) is 70.0 Å². The molecule has 0 aliphatic carbocycles. The second-order valence-corrected chi connectivity index (χ2v) is 8.66. The topological polar surface area (TPSA) is 46.6 Å². The normalized spacial score (nSPS) is 21.6. The van der Waals surface area contributed by atoms with Crippen LogP contribution in [0.5, 0.6) is 5.75 Å².